The van der Waals surface area contributed by atoms with Crippen molar-refractivity contribution in [3.05, 3.63) is 29.8 Å². The minimum atomic E-state index is -0.737. The highest BCUT2D eigenvalue weighted by atomic mass is 19.1. The van der Waals surface area contributed by atoms with Gasteiger partial charge in [-0.3, -0.25) is 14.6 Å². The Labute approximate surface area is 115 Å². The number of pyridine rings is 1. The Hall–Kier alpha value is -1.98. The van der Waals surface area contributed by atoms with Gasteiger partial charge in [0.25, 0.3) is 5.91 Å². The molecule has 2 fully saturated rings. The molecule has 1 spiro atoms. The van der Waals surface area contributed by atoms with Gasteiger partial charge < -0.3 is 10.0 Å². The maximum atomic E-state index is 13.1. The Bertz CT molecular complexity index is 567. The van der Waals surface area contributed by atoms with Gasteiger partial charge in [0.15, 0.2) is 0 Å². The Morgan fingerprint density at radius 1 is 1.35 bits per heavy atom. The summed E-state index contributed by atoms with van der Waals surface area (Å²) in [6, 6.07) is 1.18. The molecule has 1 aromatic rings. The van der Waals surface area contributed by atoms with E-state index in [1.54, 1.807) is 4.90 Å². The summed E-state index contributed by atoms with van der Waals surface area (Å²) in [5.41, 5.74) is 0.134. The van der Waals surface area contributed by atoms with E-state index in [-0.39, 0.29) is 22.8 Å². The lowest BCUT2D eigenvalue weighted by atomic mass is 9.90. The van der Waals surface area contributed by atoms with E-state index < -0.39 is 11.8 Å². The molecular formula is C14H15FN2O3. The van der Waals surface area contributed by atoms with Gasteiger partial charge in [0, 0.05) is 19.3 Å². The van der Waals surface area contributed by atoms with Gasteiger partial charge in [0.05, 0.1) is 17.7 Å². The number of amides is 1. The number of carboxylic acid groups (broad SMARTS) is 1. The number of carbonyl (C=O) groups excluding carboxylic acids is 1. The average Bonchev–Trinajstić information content (AvgIpc) is 3.13. The summed E-state index contributed by atoms with van der Waals surface area (Å²) in [4.78, 5) is 28.5. The molecule has 106 valence electrons. The molecule has 1 N–H and O–H groups in total. The number of aromatic nitrogens is 1. The van der Waals surface area contributed by atoms with Crippen molar-refractivity contribution in [1.82, 2.24) is 9.88 Å². The number of piperidine rings is 1. The maximum Gasteiger partial charge on any atom is 0.307 e. The van der Waals surface area contributed by atoms with Crippen molar-refractivity contribution < 1.29 is 19.1 Å². The number of likely N-dealkylation sites (tertiary alicyclic amines) is 1. The average molecular weight is 278 g/mol. The smallest absolute Gasteiger partial charge is 0.307 e. The number of rotatable bonds is 2. The number of nitrogens with zero attached hydrogens (tertiary/aromatic N) is 2. The topological polar surface area (TPSA) is 70.5 Å². The standard InChI is InChI=1S/C14H15FN2O3/c15-10-5-9(7-16-8-10)12(18)17-3-1-14(2-4-17)6-11(14)13(19)20/h5,7-8,11H,1-4,6H2,(H,19,20). The summed E-state index contributed by atoms with van der Waals surface area (Å²) in [7, 11) is 0. The van der Waals surface area contributed by atoms with E-state index in [0.717, 1.165) is 6.20 Å². The third-order valence-electron chi connectivity index (χ3n) is 4.49. The molecule has 3 rings (SSSR count). The van der Waals surface area contributed by atoms with Crippen molar-refractivity contribution in [2.45, 2.75) is 19.3 Å². The quantitative estimate of drug-likeness (QED) is 0.891. The number of aliphatic carboxylic acids is 1. The Morgan fingerprint density at radius 3 is 2.60 bits per heavy atom. The van der Waals surface area contributed by atoms with E-state index in [4.69, 9.17) is 5.11 Å². The Morgan fingerprint density at radius 2 is 2.05 bits per heavy atom. The lowest BCUT2D eigenvalue weighted by Crippen LogP contribution is -2.40. The largest absolute Gasteiger partial charge is 0.481 e. The molecule has 0 bridgehead atoms. The number of hydrogen-bond acceptors (Lipinski definition) is 3. The highest BCUT2D eigenvalue weighted by Gasteiger charge is 2.59. The second-order valence-corrected chi connectivity index (χ2v) is 5.64. The van der Waals surface area contributed by atoms with Crippen LogP contribution in [0.2, 0.25) is 0 Å². The number of hydrogen-bond donors (Lipinski definition) is 1. The first-order chi connectivity index (χ1) is 9.52. The molecule has 0 aromatic carbocycles. The predicted molar refractivity (Wildman–Crippen MR) is 67.5 cm³/mol. The molecule has 0 radical (unpaired) electrons. The van der Waals surface area contributed by atoms with E-state index in [9.17, 15) is 14.0 Å². The number of halogens is 1. The lowest BCUT2D eigenvalue weighted by Gasteiger charge is -2.32. The SMILES string of the molecule is O=C(O)C1CC12CCN(C(=O)c1cncc(F)c1)CC2. The molecule has 1 atom stereocenters. The first-order valence-electron chi connectivity index (χ1n) is 6.64. The first kappa shape index (κ1) is 13.0. The van der Waals surface area contributed by atoms with Gasteiger partial charge in [-0.2, -0.15) is 0 Å². The number of carboxylic acids is 1. The summed E-state index contributed by atoms with van der Waals surface area (Å²) >= 11 is 0. The minimum Gasteiger partial charge on any atom is -0.481 e. The third-order valence-corrected chi connectivity index (χ3v) is 4.49. The molecule has 1 aliphatic heterocycles. The van der Waals surface area contributed by atoms with Crippen molar-refractivity contribution in [2.24, 2.45) is 11.3 Å². The fourth-order valence-corrected chi connectivity index (χ4v) is 3.12. The lowest BCUT2D eigenvalue weighted by molar-refractivity contribution is -0.139. The van der Waals surface area contributed by atoms with Gasteiger partial charge in [-0.15, -0.1) is 0 Å². The number of carbonyl (C=O) groups is 2. The van der Waals surface area contributed by atoms with Gasteiger partial charge in [-0.1, -0.05) is 0 Å². The van der Waals surface area contributed by atoms with Crippen LogP contribution in [0, 0.1) is 17.2 Å². The van der Waals surface area contributed by atoms with Crippen molar-refractivity contribution >= 4 is 11.9 Å². The van der Waals surface area contributed by atoms with Crippen LogP contribution in [0.25, 0.3) is 0 Å². The minimum absolute atomic E-state index is 0.108. The second kappa shape index (κ2) is 4.54. The summed E-state index contributed by atoms with van der Waals surface area (Å²) in [5, 5.41) is 9.02. The normalized spacial score (nSPS) is 23.6. The van der Waals surface area contributed by atoms with Crippen LogP contribution in [0.3, 0.4) is 0 Å². The van der Waals surface area contributed by atoms with Gasteiger partial charge in [0.2, 0.25) is 0 Å². The molecule has 5 nitrogen and oxygen atoms in total. The molecule has 1 aromatic heterocycles. The van der Waals surface area contributed by atoms with Gasteiger partial charge in [0.1, 0.15) is 5.82 Å². The Balaban J connectivity index is 1.64. The van der Waals surface area contributed by atoms with Crippen LogP contribution in [0.1, 0.15) is 29.6 Å². The summed E-state index contributed by atoms with van der Waals surface area (Å²) in [5.74, 6) is -1.76. The molecule has 1 aliphatic carbocycles. The zero-order chi connectivity index (χ0) is 14.3. The van der Waals surface area contributed by atoms with Crippen LogP contribution < -0.4 is 0 Å². The van der Waals surface area contributed by atoms with Crippen molar-refractivity contribution in [3.8, 4) is 0 Å². The van der Waals surface area contributed by atoms with E-state index in [2.05, 4.69) is 4.98 Å². The maximum absolute atomic E-state index is 13.1. The predicted octanol–water partition coefficient (Wildman–Crippen LogP) is 1.55. The Kier molecular flexibility index (Phi) is 2.96. The summed E-state index contributed by atoms with van der Waals surface area (Å²) in [6.45, 7) is 1.05. The van der Waals surface area contributed by atoms with Crippen LogP contribution in [0.5, 0.6) is 0 Å². The van der Waals surface area contributed by atoms with Crippen LogP contribution in [0.4, 0.5) is 4.39 Å². The molecule has 1 saturated heterocycles. The first-order valence-corrected chi connectivity index (χ1v) is 6.64. The van der Waals surface area contributed by atoms with Gasteiger partial charge >= 0.3 is 5.97 Å². The van der Waals surface area contributed by atoms with Crippen molar-refractivity contribution in [3.63, 3.8) is 0 Å². The van der Waals surface area contributed by atoms with E-state index in [1.165, 1.54) is 12.3 Å². The van der Waals surface area contributed by atoms with Crippen LogP contribution >= 0.6 is 0 Å². The molecule has 6 heteroatoms. The third kappa shape index (κ3) is 2.15. The second-order valence-electron chi connectivity index (χ2n) is 5.64. The zero-order valence-corrected chi connectivity index (χ0v) is 10.9. The fraction of sp³-hybridized carbons (Fsp3) is 0.500. The van der Waals surface area contributed by atoms with Crippen LogP contribution in [-0.4, -0.2) is 40.0 Å². The summed E-state index contributed by atoms with van der Waals surface area (Å²) in [6.07, 6.45) is 4.54. The fourth-order valence-electron chi connectivity index (χ4n) is 3.12. The molecule has 2 heterocycles. The molecule has 2 aliphatic rings. The molecule has 1 saturated carbocycles. The van der Waals surface area contributed by atoms with Gasteiger partial charge in [-0.25, -0.2) is 4.39 Å². The van der Waals surface area contributed by atoms with E-state index >= 15 is 0 Å². The molecule has 20 heavy (non-hydrogen) atoms. The highest BCUT2D eigenvalue weighted by molar-refractivity contribution is 5.94. The molecule has 1 unspecified atom stereocenters. The zero-order valence-electron chi connectivity index (χ0n) is 10.9. The summed E-state index contributed by atoms with van der Waals surface area (Å²) < 4.78 is 13.1. The molecular weight excluding hydrogens is 263 g/mol. The van der Waals surface area contributed by atoms with Gasteiger partial charge in [-0.05, 0) is 30.7 Å². The van der Waals surface area contributed by atoms with Crippen molar-refractivity contribution in [1.29, 1.82) is 0 Å². The van der Waals surface area contributed by atoms with Crippen molar-refractivity contribution in [2.75, 3.05) is 13.1 Å². The van der Waals surface area contributed by atoms with Crippen LogP contribution in [-0.2, 0) is 4.79 Å². The van der Waals surface area contributed by atoms with E-state index in [0.29, 0.717) is 32.4 Å². The van der Waals surface area contributed by atoms with Crippen LogP contribution in [0.15, 0.2) is 18.5 Å². The monoisotopic (exact) mass is 278 g/mol. The molecule has 1 amide bonds. The van der Waals surface area contributed by atoms with E-state index in [1.807, 2.05) is 0 Å². The highest BCUT2D eigenvalue weighted by Crippen LogP contribution is 2.59.